The molecule has 118 valence electrons. The zero-order valence-corrected chi connectivity index (χ0v) is 13.7. The molecule has 0 amide bonds. The van der Waals surface area contributed by atoms with Crippen LogP contribution < -0.4 is 9.47 Å². The highest BCUT2D eigenvalue weighted by Gasteiger charge is 2.16. The molecule has 0 radical (unpaired) electrons. The Balaban J connectivity index is 1.69. The number of benzene rings is 2. The van der Waals surface area contributed by atoms with Gasteiger partial charge in [0.25, 0.3) is 0 Å². The first kappa shape index (κ1) is 15.6. The van der Waals surface area contributed by atoms with Gasteiger partial charge in [-0.25, -0.2) is 4.79 Å². The van der Waals surface area contributed by atoms with Crippen LogP contribution in [0.3, 0.4) is 0 Å². The van der Waals surface area contributed by atoms with Crippen LogP contribution in [0, 0.1) is 0 Å². The Labute approximate surface area is 141 Å². The lowest BCUT2D eigenvalue weighted by Crippen LogP contribution is -2.15. The summed E-state index contributed by atoms with van der Waals surface area (Å²) in [4.78, 5) is 22.6. The maximum atomic E-state index is 12.0. The lowest BCUT2D eigenvalue weighted by atomic mass is 10.1. The molecule has 1 heterocycles. The molecule has 5 nitrogen and oxygen atoms in total. The van der Waals surface area contributed by atoms with Crippen molar-refractivity contribution in [2.24, 2.45) is 0 Å². The topological polar surface area (TPSA) is 61.8 Å². The summed E-state index contributed by atoms with van der Waals surface area (Å²) in [5, 5.41) is 0. The van der Waals surface area contributed by atoms with Gasteiger partial charge in [0.05, 0.1) is 5.56 Å². The van der Waals surface area contributed by atoms with Crippen molar-refractivity contribution in [1.29, 1.82) is 0 Å². The molecule has 0 aliphatic carbocycles. The number of carbonyl (C=O) groups is 2. The lowest BCUT2D eigenvalue weighted by molar-refractivity contribution is 0.0471. The van der Waals surface area contributed by atoms with Crippen LogP contribution in [0.15, 0.2) is 40.9 Å². The molecule has 1 aliphatic heterocycles. The van der Waals surface area contributed by atoms with Crippen LogP contribution in [0.4, 0.5) is 0 Å². The maximum Gasteiger partial charge on any atom is 0.338 e. The summed E-state index contributed by atoms with van der Waals surface area (Å²) < 4.78 is 17.1. The van der Waals surface area contributed by atoms with E-state index in [0.717, 1.165) is 16.3 Å². The number of hydrogen-bond acceptors (Lipinski definition) is 5. The van der Waals surface area contributed by atoms with Gasteiger partial charge in [0.1, 0.15) is 26.1 Å². The number of ether oxygens (including phenoxy) is 3. The van der Waals surface area contributed by atoms with E-state index in [1.54, 1.807) is 36.4 Å². The normalized spacial score (nSPS) is 12.6. The molecule has 1 aliphatic rings. The highest BCUT2D eigenvalue weighted by molar-refractivity contribution is 9.10. The third kappa shape index (κ3) is 3.53. The van der Waals surface area contributed by atoms with Crippen LogP contribution in [-0.2, 0) is 11.3 Å². The van der Waals surface area contributed by atoms with Gasteiger partial charge >= 0.3 is 5.97 Å². The van der Waals surface area contributed by atoms with Crippen molar-refractivity contribution in [3.05, 3.63) is 57.6 Å². The number of carbonyl (C=O) groups excluding carboxylic acids is 2. The minimum absolute atomic E-state index is 0.103. The predicted molar refractivity (Wildman–Crippen MR) is 86.1 cm³/mol. The fraction of sp³-hybridized carbons (Fsp3) is 0.176. The first-order chi connectivity index (χ1) is 11.2. The highest BCUT2D eigenvalue weighted by atomic mass is 79.9. The number of hydrogen-bond donors (Lipinski definition) is 0. The Hall–Kier alpha value is -2.34. The van der Waals surface area contributed by atoms with Gasteiger partial charge in [-0.05, 0) is 24.3 Å². The van der Waals surface area contributed by atoms with Crippen molar-refractivity contribution in [2.75, 3.05) is 13.2 Å². The molecule has 0 spiro atoms. The molecular weight excluding hydrogens is 364 g/mol. The molecule has 23 heavy (non-hydrogen) atoms. The van der Waals surface area contributed by atoms with E-state index in [-0.39, 0.29) is 6.61 Å². The standard InChI is InChI=1S/C17H13BrO5/c18-14-8-16-15(21-5-6-22-16)7-13(14)10-23-17(20)12-3-1-11(9-19)2-4-12/h1-4,7-9H,5-6,10H2. The zero-order chi connectivity index (χ0) is 16.2. The summed E-state index contributed by atoms with van der Waals surface area (Å²) in [5.74, 6) is 0.854. The van der Waals surface area contributed by atoms with Crippen LogP contribution in [0.25, 0.3) is 0 Å². The van der Waals surface area contributed by atoms with Crippen LogP contribution in [0.5, 0.6) is 11.5 Å². The molecule has 6 heteroatoms. The van der Waals surface area contributed by atoms with Crippen LogP contribution in [-0.4, -0.2) is 25.5 Å². The largest absolute Gasteiger partial charge is 0.486 e. The number of aldehydes is 1. The van der Waals surface area contributed by atoms with E-state index in [0.29, 0.717) is 35.8 Å². The Morgan fingerprint density at radius 3 is 2.43 bits per heavy atom. The van der Waals surface area contributed by atoms with E-state index in [4.69, 9.17) is 14.2 Å². The summed E-state index contributed by atoms with van der Waals surface area (Å²) in [5.41, 5.74) is 1.69. The van der Waals surface area contributed by atoms with E-state index >= 15 is 0 Å². The fourth-order valence-electron chi connectivity index (χ4n) is 2.14. The molecule has 0 saturated heterocycles. The predicted octanol–water partition coefficient (Wildman–Crippen LogP) is 3.39. The van der Waals surface area contributed by atoms with Gasteiger partial charge in [0.15, 0.2) is 11.5 Å². The molecule has 0 aromatic heterocycles. The fourth-order valence-corrected chi connectivity index (χ4v) is 2.58. The summed E-state index contributed by atoms with van der Waals surface area (Å²) in [6.07, 6.45) is 0.724. The molecule has 2 aromatic carbocycles. The van der Waals surface area contributed by atoms with Crippen molar-refractivity contribution in [3.8, 4) is 11.5 Å². The second kappa shape index (κ2) is 6.83. The number of fused-ring (bicyclic) bond motifs is 1. The van der Waals surface area contributed by atoms with Crippen molar-refractivity contribution in [1.82, 2.24) is 0 Å². The third-order valence-electron chi connectivity index (χ3n) is 3.35. The molecule has 3 rings (SSSR count). The van der Waals surface area contributed by atoms with Crippen LogP contribution in [0.1, 0.15) is 26.3 Å². The molecule has 0 saturated carbocycles. The average Bonchev–Trinajstić information content (AvgIpc) is 2.59. The van der Waals surface area contributed by atoms with Crippen molar-refractivity contribution < 1.29 is 23.8 Å². The van der Waals surface area contributed by atoms with Gasteiger partial charge in [-0.1, -0.05) is 28.1 Å². The lowest BCUT2D eigenvalue weighted by Gasteiger charge is -2.19. The van der Waals surface area contributed by atoms with Gasteiger partial charge < -0.3 is 14.2 Å². The van der Waals surface area contributed by atoms with Gasteiger partial charge in [-0.15, -0.1) is 0 Å². The second-order valence-electron chi connectivity index (χ2n) is 4.90. The summed E-state index contributed by atoms with van der Waals surface area (Å²) in [6, 6.07) is 9.86. The Bertz CT molecular complexity index is 739. The first-order valence-corrected chi connectivity index (χ1v) is 7.77. The molecule has 0 N–H and O–H groups in total. The van der Waals surface area contributed by atoms with Crippen LogP contribution >= 0.6 is 15.9 Å². The average molecular weight is 377 g/mol. The highest BCUT2D eigenvalue weighted by Crippen LogP contribution is 2.35. The van der Waals surface area contributed by atoms with Crippen molar-refractivity contribution in [3.63, 3.8) is 0 Å². The minimum Gasteiger partial charge on any atom is -0.486 e. The summed E-state index contributed by atoms with van der Waals surface area (Å²) in [7, 11) is 0. The Morgan fingerprint density at radius 2 is 1.78 bits per heavy atom. The number of esters is 1. The Kier molecular flexibility index (Phi) is 4.62. The van der Waals surface area contributed by atoms with Crippen molar-refractivity contribution in [2.45, 2.75) is 6.61 Å². The SMILES string of the molecule is O=Cc1ccc(C(=O)OCc2cc3c(cc2Br)OCCO3)cc1. The summed E-state index contributed by atoms with van der Waals surface area (Å²) in [6.45, 7) is 1.12. The molecule has 0 bridgehead atoms. The van der Waals surface area contributed by atoms with Crippen molar-refractivity contribution >= 4 is 28.2 Å². The smallest absolute Gasteiger partial charge is 0.338 e. The van der Waals surface area contributed by atoms with Gasteiger partial charge in [-0.2, -0.15) is 0 Å². The van der Waals surface area contributed by atoms with E-state index in [9.17, 15) is 9.59 Å². The van der Waals surface area contributed by atoms with E-state index in [1.165, 1.54) is 0 Å². The number of halogens is 1. The van der Waals surface area contributed by atoms with E-state index in [1.807, 2.05) is 0 Å². The van der Waals surface area contributed by atoms with E-state index < -0.39 is 5.97 Å². The minimum atomic E-state index is -0.454. The monoisotopic (exact) mass is 376 g/mol. The molecule has 0 fully saturated rings. The zero-order valence-electron chi connectivity index (χ0n) is 12.1. The summed E-state index contributed by atoms with van der Waals surface area (Å²) >= 11 is 3.43. The van der Waals surface area contributed by atoms with Gasteiger partial charge in [-0.3, -0.25) is 4.79 Å². The van der Waals surface area contributed by atoms with E-state index in [2.05, 4.69) is 15.9 Å². The van der Waals surface area contributed by atoms with Crippen LogP contribution in [0.2, 0.25) is 0 Å². The maximum absolute atomic E-state index is 12.0. The van der Waals surface area contributed by atoms with Gasteiger partial charge in [0.2, 0.25) is 0 Å². The molecule has 0 unspecified atom stereocenters. The Morgan fingerprint density at radius 1 is 1.13 bits per heavy atom. The third-order valence-corrected chi connectivity index (χ3v) is 4.09. The quantitative estimate of drug-likeness (QED) is 0.604. The first-order valence-electron chi connectivity index (χ1n) is 6.98. The van der Waals surface area contributed by atoms with Gasteiger partial charge in [0, 0.05) is 15.6 Å². The molecular formula is C17H13BrO5. The second-order valence-corrected chi connectivity index (χ2v) is 5.76. The number of rotatable bonds is 4. The molecule has 2 aromatic rings. The molecule has 0 atom stereocenters.